The Labute approximate surface area is 78.8 Å². The van der Waals surface area contributed by atoms with Crippen LogP contribution in [0, 0.1) is 5.41 Å². The number of nitrogens with one attached hydrogen (secondary N) is 1. The summed E-state index contributed by atoms with van der Waals surface area (Å²) in [6.45, 7) is 6.38. The number of aliphatic hydroxyl groups excluding tert-OH is 2. The first-order chi connectivity index (χ1) is 5.88. The first-order valence-corrected chi connectivity index (χ1v) is 4.43. The number of hydrogen-bond acceptors (Lipinski definition) is 3. The van der Waals surface area contributed by atoms with Crippen LogP contribution in [0.2, 0.25) is 0 Å². The molecule has 0 amide bonds. The average molecular weight is 183 g/mol. The van der Waals surface area contributed by atoms with Crippen molar-refractivity contribution in [3.8, 4) is 0 Å². The van der Waals surface area contributed by atoms with Crippen LogP contribution in [-0.2, 0) is 0 Å². The van der Waals surface area contributed by atoms with E-state index in [0.717, 1.165) is 12.1 Å². The summed E-state index contributed by atoms with van der Waals surface area (Å²) in [5.41, 5.74) is 1.14. The molecule has 13 heavy (non-hydrogen) atoms. The van der Waals surface area contributed by atoms with Crippen LogP contribution in [0.3, 0.4) is 0 Å². The fraction of sp³-hybridized carbons (Fsp3) is 0.600. The van der Waals surface area contributed by atoms with Crippen molar-refractivity contribution in [2.75, 3.05) is 0 Å². The molecular formula is C10H17NO2. The largest absolute Gasteiger partial charge is 0.508 e. The Morgan fingerprint density at radius 3 is 2.54 bits per heavy atom. The molecular weight excluding hydrogens is 166 g/mol. The fourth-order valence-electron chi connectivity index (χ4n) is 1.26. The smallest absolute Gasteiger partial charge is 0.141 e. The van der Waals surface area contributed by atoms with Crippen molar-refractivity contribution in [1.82, 2.24) is 5.32 Å². The minimum Gasteiger partial charge on any atom is -0.508 e. The standard InChI is InChI=1S/C10H17NO2/c1-10(2,3)5-7-4-8(12)9(13)6-11-7/h4,6,8,11-13H,5H2,1-3H3. The predicted molar refractivity (Wildman–Crippen MR) is 52.0 cm³/mol. The molecule has 0 aliphatic carbocycles. The van der Waals surface area contributed by atoms with Gasteiger partial charge in [0.25, 0.3) is 0 Å². The van der Waals surface area contributed by atoms with Crippen molar-refractivity contribution in [3.05, 3.63) is 23.7 Å². The third-order valence-electron chi connectivity index (χ3n) is 1.79. The second-order valence-corrected chi connectivity index (χ2v) is 4.59. The van der Waals surface area contributed by atoms with Gasteiger partial charge < -0.3 is 15.5 Å². The Balaban J connectivity index is 2.61. The molecule has 3 nitrogen and oxygen atoms in total. The molecule has 1 unspecified atom stereocenters. The van der Waals surface area contributed by atoms with Crippen molar-refractivity contribution in [2.24, 2.45) is 5.41 Å². The Hall–Kier alpha value is -0.960. The molecule has 0 aromatic carbocycles. The highest BCUT2D eigenvalue weighted by Crippen LogP contribution is 2.24. The van der Waals surface area contributed by atoms with E-state index in [0.29, 0.717) is 0 Å². The van der Waals surface area contributed by atoms with Gasteiger partial charge in [0.15, 0.2) is 0 Å². The zero-order chi connectivity index (χ0) is 10.1. The lowest BCUT2D eigenvalue weighted by atomic mass is 9.89. The van der Waals surface area contributed by atoms with Crippen LogP contribution in [0.4, 0.5) is 0 Å². The maximum absolute atomic E-state index is 9.31. The third-order valence-corrected chi connectivity index (χ3v) is 1.79. The van der Waals surface area contributed by atoms with E-state index >= 15 is 0 Å². The summed E-state index contributed by atoms with van der Waals surface area (Å²) in [7, 11) is 0. The average Bonchev–Trinajstić information content (AvgIpc) is 1.94. The topological polar surface area (TPSA) is 52.5 Å². The van der Waals surface area contributed by atoms with Crippen LogP contribution in [0.5, 0.6) is 0 Å². The fourth-order valence-corrected chi connectivity index (χ4v) is 1.26. The van der Waals surface area contributed by atoms with Crippen molar-refractivity contribution in [1.29, 1.82) is 0 Å². The molecule has 0 spiro atoms. The van der Waals surface area contributed by atoms with E-state index in [1.807, 2.05) is 0 Å². The van der Waals surface area contributed by atoms with E-state index in [-0.39, 0.29) is 11.2 Å². The Morgan fingerprint density at radius 1 is 1.46 bits per heavy atom. The summed E-state index contributed by atoms with van der Waals surface area (Å²) < 4.78 is 0. The van der Waals surface area contributed by atoms with Crippen LogP contribution in [0.25, 0.3) is 0 Å². The number of aliphatic hydroxyl groups is 2. The predicted octanol–water partition coefficient (Wildman–Crippen LogP) is 1.67. The van der Waals surface area contributed by atoms with Crippen LogP contribution >= 0.6 is 0 Å². The van der Waals surface area contributed by atoms with Crippen molar-refractivity contribution in [3.63, 3.8) is 0 Å². The van der Waals surface area contributed by atoms with Gasteiger partial charge in [0, 0.05) is 11.9 Å². The zero-order valence-electron chi connectivity index (χ0n) is 8.33. The molecule has 3 heteroatoms. The lowest BCUT2D eigenvalue weighted by Gasteiger charge is -2.23. The number of rotatable bonds is 1. The molecule has 0 saturated carbocycles. The molecule has 1 atom stereocenters. The van der Waals surface area contributed by atoms with Gasteiger partial charge in [-0.1, -0.05) is 20.8 Å². The zero-order valence-corrected chi connectivity index (χ0v) is 8.33. The van der Waals surface area contributed by atoms with E-state index in [9.17, 15) is 5.11 Å². The molecule has 3 N–H and O–H groups in total. The summed E-state index contributed by atoms with van der Waals surface area (Å²) in [4.78, 5) is 0. The summed E-state index contributed by atoms with van der Waals surface area (Å²) in [6.07, 6.45) is 3.08. The van der Waals surface area contributed by atoms with E-state index in [4.69, 9.17) is 5.11 Å². The molecule has 0 fully saturated rings. The lowest BCUT2D eigenvalue weighted by molar-refractivity contribution is 0.186. The van der Waals surface area contributed by atoms with Gasteiger partial charge in [-0.2, -0.15) is 0 Å². The normalized spacial score (nSPS) is 23.2. The highest BCUT2D eigenvalue weighted by Gasteiger charge is 2.18. The molecule has 0 radical (unpaired) electrons. The van der Waals surface area contributed by atoms with E-state index in [1.165, 1.54) is 6.20 Å². The number of dihydropyridines is 1. The maximum atomic E-state index is 9.31. The van der Waals surface area contributed by atoms with Crippen molar-refractivity contribution < 1.29 is 10.2 Å². The molecule has 74 valence electrons. The lowest BCUT2D eigenvalue weighted by Crippen LogP contribution is -2.23. The van der Waals surface area contributed by atoms with E-state index < -0.39 is 6.10 Å². The van der Waals surface area contributed by atoms with E-state index in [1.54, 1.807) is 6.08 Å². The number of allylic oxidation sites excluding steroid dienone is 1. The molecule has 0 aromatic rings. The highest BCUT2D eigenvalue weighted by atomic mass is 16.3. The molecule has 1 heterocycles. The summed E-state index contributed by atoms with van der Waals surface area (Å²) in [5.74, 6) is -0.0299. The quantitative estimate of drug-likeness (QED) is 0.579. The van der Waals surface area contributed by atoms with Crippen molar-refractivity contribution in [2.45, 2.75) is 33.3 Å². The van der Waals surface area contributed by atoms with Gasteiger partial charge in [-0.25, -0.2) is 0 Å². The van der Waals surface area contributed by atoms with Gasteiger partial charge in [-0.15, -0.1) is 0 Å². The van der Waals surface area contributed by atoms with Gasteiger partial charge >= 0.3 is 0 Å². The first-order valence-electron chi connectivity index (χ1n) is 4.43. The Bertz CT molecular complexity index is 248. The number of hydrogen-bond donors (Lipinski definition) is 3. The van der Waals surface area contributed by atoms with Gasteiger partial charge in [-0.05, 0) is 17.9 Å². The monoisotopic (exact) mass is 183 g/mol. The van der Waals surface area contributed by atoms with Gasteiger partial charge in [0.1, 0.15) is 11.9 Å². The SMILES string of the molecule is CC(C)(C)CC1=CC(O)C(O)=CN1. The Kier molecular flexibility index (Phi) is 2.66. The third kappa shape index (κ3) is 3.11. The Morgan fingerprint density at radius 2 is 2.08 bits per heavy atom. The van der Waals surface area contributed by atoms with Crippen LogP contribution in [0.15, 0.2) is 23.7 Å². The second kappa shape index (κ2) is 3.42. The van der Waals surface area contributed by atoms with E-state index in [2.05, 4.69) is 26.1 Å². The summed E-state index contributed by atoms with van der Waals surface area (Å²) in [6, 6.07) is 0. The van der Waals surface area contributed by atoms with Crippen molar-refractivity contribution >= 4 is 0 Å². The van der Waals surface area contributed by atoms with Crippen LogP contribution < -0.4 is 5.32 Å². The minimum absolute atomic E-state index is 0.0299. The second-order valence-electron chi connectivity index (χ2n) is 4.59. The first kappa shape index (κ1) is 10.1. The molecule has 1 rings (SSSR count). The van der Waals surface area contributed by atoms with Gasteiger partial charge in [0.2, 0.25) is 0 Å². The van der Waals surface area contributed by atoms with Gasteiger partial charge in [0.05, 0.1) is 0 Å². The molecule has 0 saturated heterocycles. The summed E-state index contributed by atoms with van der Waals surface area (Å²) >= 11 is 0. The minimum atomic E-state index is -0.849. The molecule has 1 aliphatic heterocycles. The van der Waals surface area contributed by atoms with Crippen LogP contribution in [0.1, 0.15) is 27.2 Å². The molecule has 0 bridgehead atoms. The molecule has 1 aliphatic rings. The molecule has 0 aromatic heterocycles. The summed E-state index contributed by atoms with van der Waals surface area (Å²) in [5, 5.41) is 21.4. The maximum Gasteiger partial charge on any atom is 0.141 e. The van der Waals surface area contributed by atoms with Gasteiger partial charge in [-0.3, -0.25) is 0 Å². The highest BCUT2D eigenvalue weighted by molar-refractivity contribution is 5.20. The van der Waals surface area contributed by atoms with Crippen LogP contribution in [-0.4, -0.2) is 16.3 Å².